The lowest BCUT2D eigenvalue weighted by Crippen LogP contribution is -2.48. The van der Waals surface area contributed by atoms with E-state index in [-0.39, 0.29) is 19.6 Å². The lowest BCUT2D eigenvalue weighted by atomic mass is 10.0. The van der Waals surface area contributed by atoms with Crippen molar-refractivity contribution in [3.8, 4) is 11.3 Å². The summed E-state index contributed by atoms with van der Waals surface area (Å²) in [6.07, 6.45) is 0.402. The molecule has 174 valence electrons. The summed E-state index contributed by atoms with van der Waals surface area (Å²) in [6, 6.07) is 7.94. The van der Waals surface area contributed by atoms with Gasteiger partial charge in [0.25, 0.3) is 0 Å². The molecule has 32 heavy (non-hydrogen) atoms. The molecule has 3 atom stereocenters. The molecule has 3 rings (SSSR count). The van der Waals surface area contributed by atoms with Crippen LogP contribution in [0.5, 0.6) is 0 Å². The molecule has 9 heteroatoms. The van der Waals surface area contributed by atoms with E-state index in [0.717, 1.165) is 23.4 Å². The van der Waals surface area contributed by atoms with Gasteiger partial charge in [0.2, 0.25) is 5.91 Å². The summed E-state index contributed by atoms with van der Waals surface area (Å²) in [6.45, 7) is 7.71. The van der Waals surface area contributed by atoms with Gasteiger partial charge in [-0.15, -0.1) is 0 Å². The number of aliphatic hydroxyl groups excluding tert-OH is 2. The van der Waals surface area contributed by atoms with E-state index in [1.165, 1.54) is 4.90 Å². The number of hydrogen-bond acceptors (Lipinski definition) is 6. The Morgan fingerprint density at radius 3 is 2.53 bits per heavy atom. The molecule has 0 spiro atoms. The zero-order chi connectivity index (χ0) is 23.5. The summed E-state index contributed by atoms with van der Waals surface area (Å²) in [5, 5.41) is 27.0. The van der Waals surface area contributed by atoms with E-state index in [4.69, 9.17) is 4.74 Å². The minimum absolute atomic E-state index is 0.0244. The molecule has 2 heterocycles. The van der Waals surface area contributed by atoms with Crippen molar-refractivity contribution in [1.29, 1.82) is 0 Å². The third-order valence-electron chi connectivity index (χ3n) is 5.33. The van der Waals surface area contributed by atoms with Gasteiger partial charge in [0, 0.05) is 19.2 Å². The van der Waals surface area contributed by atoms with E-state index in [0.29, 0.717) is 0 Å². The summed E-state index contributed by atoms with van der Waals surface area (Å²) >= 11 is 0. The first-order valence-corrected chi connectivity index (χ1v) is 10.8. The number of ether oxygens (including phenoxy) is 1. The average Bonchev–Trinajstić information content (AvgIpc) is 3.37. The second-order valence-corrected chi connectivity index (χ2v) is 8.94. The van der Waals surface area contributed by atoms with Crippen molar-refractivity contribution in [3.05, 3.63) is 42.1 Å². The molecule has 0 radical (unpaired) electrons. The largest absolute Gasteiger partial charge is 0.444 e. The molecule has 1 saturated heterocycles. The van der Waals surface area contributed by atoms with Gasteiger partial charge in [-0.1, -0.05) is 24.3 Å². The molecule has 0 bridgehead atoms. The van der Waals surface area contributed by atoms with Crippen LogP contribution < -0.4 is 5.32 Å². The first kappa shape index (κ1) is 23.7. The van der Waals surface area contributed by atoms with Crippen LogP contribution in [0.25, 0.3) is 11.3 Å². The van der Waals surface area contributed by atoms with Crippen molar-refractivity contribution in [2.45, 2.75) is 64.4 Å². The van der Waals surface area contributed by atoms with E-state index < -0.39 is 35.8 Å². The molecular weight excluding hydrogens is 412 g/mol. The SMILES string of the molecule is CCn1nccc1-c1ccc([C@H](CO)NC(=O)C2CC(O)CN2C(=O)OC(C)(C)C)cc1. The zero-order valence-corrected chi connectivity index (χ0v) is 19.0. The highest BCUT2D eigenvalue weighted by atomic mass is 16.6. The fraction of sp³-hybridized carbons (Fsp3) is 0.522. The number of nitrogens with zero attached hydrogens (tertiary/aromatic N) is 3. The van der Waals surface area contributed by atoms with Gasteiger partial charge in [-0.3, -0.25) is 14.4 Å². The number of aliphatic hydroxyl groups is 2. The number of aromatic nitrogens is 2. The van der Waals surface area contributed by atoms with Crippen molar-refractivity contribution in [2.24, 2.45) is 0 Å². The van der Waals surface area contributed by atoms with Crippen LogP contribution in [0.15, 0.2) is 36.5 Å². The van der Waals surface area contributed by atoms with Gasteiger partial charge >= 0.3 is 6.09 Å². The molecule has 2 aromatic rings. The smallest absolute Gasteiger partial charge is 0.411 e. The summed E-state index contributed by atoms with van der Waals surface area (Å²) in [4.78, 5) is 26.7. The van der Waals surface area contributed by atoms with Crippen LogP contribution in [0.3, 0.4) is 0 Å². The predicted octanol–water partition coefficient (Wildman–Crippen LogP) is 2.09. The lowest BCUT2D eigenvalue weighted by Gasteiger charge is -2.28. The number of benzene rings is 1. The number of rotatable bonds is 6. The van der Waals surface area contributed by atoms with Gasteiger partial charge in [-0.05, 0) is 44.9 Å². The first-order valence-electron chi connectivity index (χ1n) is 10.8. The number of β-amino-alcohol motifs (C(OH)–C–C–N with tert-alkyl or cyclic N) is 1. The van der Waals surface area contributed by atoms with Gasteiger partial charge in [0.15, 0.2) is 0 Å². The fourth-order valence-corrected chi connectivity index (χ4v) is 3.80. The standard InChI is InChI=1S/C23H32N4O5/c1-5-27-19(10-11-24-27)16-8-6-15(7-9-16)18(14-28)25-21(30)20-12-17(29)13-26(20)22(31)32-23(2,3)4/h6-11,17-18,20,28-29H,5,12-14H2,1-4H3,(H,25,30)/t17?,18-,20?/m0/s1. The van der Waals surface area contributed by atoms with Crippen LogP contribution in [0.2, 0.25) is 0 Å². The van der Waals surface area contributed by atoms with Crippen LogP contribution >= 0.6 is 0 Å². The van der Waals surface area contributed by atoms with Crippen LogP contribution in [-0.4, -0.2) is 67.8 Å². The van der Waals surface area contributed by atoms with E-state index in [2.05, 4.69) is 10.4 Å². The highest BCUT2D eigenvalue weighted by molar-refractivity contribution is 5.86. The molecule has 2 amide bonds. The Kier molecular flexibility index (Phi) is 7.20. The maximum Gasteiger partial charge on any atom is 0.411 e. The van der Waals surface area contributed by atoms with Crippen molar-refractivity contribution < 1.29 is 24.5 Å². The number of carbonyl (C=O) groups excluding carboxylic acids is 2. The number of hydrogen-bond donors (Lipinski definition) is 3. The molecule has 0 saturated carbocycles. The molecule has 1 aliphatic rings. The highest BCUT2D eigenvalue weighted by Gasteiger charge is 2.41. The minimum atomic E-state index is -0.868. The number of amides is 2. The molecule has 1 fully saturated rings. The molecule has 1 aromatic heterocycles. The van der Waals surface area contributed by atoms with Gasteiger partial charge in [0.1, 0.15) is 11.6 Å². The quantitative estimate of drug-likeness (QED) is 0.628. The Hall–Kier alpha value is -2.91. The fourth-order valence-electron chi connectivity index (χ4n) is 3.80. The molecule has 1 aliphatic heterocycles. The van der Waals surface area contributed by atoms with Crippen molar-refractivity contribution in [1.82, 2.24) is 20.0 Å². The van der Waals surface area contributed by atoms with Gasteiger partial charge in [-0.25, -0.2) is 4.79 Å². The van der Waals surface area contributed by atoms with Crippen molar-refractivity contribution in [3.63, 3.8) is 0 Å². The van der Waals surface area contributed by atoms with Gasteiger partial charge in [-0.2, -0.15) is 5.10 Å². The van der Waals surface area contributed by atoms with Crippen molar-refractivity contribution in [2.75, 3.05) is 13.2 Å². The van der Waals surface area contributed by atoms with Crippen LogP contribution in [0, 0.1) is 0 Å². The highest BCUT2D eigenvalue weighted by Crippen LogP contribution is 2.25. The van der Waals surface area contributed by atoms with Crippen molar-refractivity contribution >= 4 is 12.0 Å². The Labute approximate surface area is 188 Å². The summed E-state index contributed by atoms with van der Waals surface area (Å²) in [5.74, 6) is -0.445. The molecule has 2 unspecified atom stereocenters. The van der Waals surface area contributed by atoms with Gasteiger partial charge in [0.05, 0.1) is 31.0 Å². The molecule has 1 aromatic carbocycles. The molecule has 3 N–H and O–H groups in total. The second-order valence-electron chi connectivity index (χ2n) is 8.94. The molecular formula is C23H32N4O5. The summed E-state index contributed by atoms with van der Waals surface area (Å²) < 4.78 is 7.26. The van der Waals surface area contributed by atoms with E-state index in [1.807, 2.05) is 41.9 Å². The Morgan fingerprint density at radius 1 is 1.25 bits per heavy atom. The average molecular weight is 445 g/mol. The Balaban J connectivity index is 1.71. The first-order chi connectivity index (χ1) is 15.1. The third kappa shape index (κ3) is 5.46. The topological polar surface area (TPSA) is 117 Å². The molecule has 0 aliphatic carbocycles. The van der Waals surface area contributed by atoms with E-state index in [9.17, 15) is 19.8 Å². The maximum atomic E-state index is 13.0. The minimum Gasteiger partial charge on any atom is -0.444 e. The third-order valence-corrected chi connectivity index (χ3v) is 5.33. The predicted molar refractivity (Wildman–Crippen MR) is 119 cm³/mol. The monoisotopic (exact) mass is 444 g/mol. The number of nitrogens with one attached hydrogen (secondary N) is 1. The molecule has 9 nitrogen and oxygen atoms in total. The van der Waals surface area contributed by atoms with Crippen LogP contribution in [0.1, 0.15) is 45.7 Å². The van der Waals surface area contributed by atoms with Crippen LogP contribution in [0.4, 0.5) is 4.79 Å². The van der Waals surface area contributed by atoms with E-state index in [1.54, 1.807) is 27.0 Å². The normalized spacial score (nSPS) is 19.6. The summed E-state index contributed by atoms with van der Waals surface area (Å²) in [7, 11) is 0. The van der Waals surface area contributed by atoms with E-state index >= 15 is 0 Å². The lowest BCUT2D eigenvalue weighted by molar-refractivity contribution is -0.126. The second kappa shape index (κ2) is 9.70. The Morgan fingerprint density at radius 2 is 1.94 bits per heavy atom. The number of aryl methyl sites for hydroxylation is 1. The summed E-state index contributed by atoms with van der Waals surface area (Å²) in [5.41, 5.74) is 1.98. The Bertz CT molecular complexity index is 935. The van der Waals surface area contributed by atoms with Gasteiger partial charge < -0.3 is 20.3 Å². The maximum absolute atomic E-state index is 13.0. The van der Waals surface area contributed by atoms with Crippen LogP contribution in [-0.2, 0) is 16.1 Å². The number of likely N-dealkylation sites (tertiary alicyclic amines) is 1. The number of carbonyl (C=O) groups is 2. The zero-order valence-electron chi connectivity index (χ0n) is 19.0.